The third kappa shape index (κ3) is 4.08. The Labute approximate surface area is 141 Å². The number of aldehydes is 1. The van der Waals surface area contributed by atoms with Gasteiger partial charge in [0.2, 0.25) is 0 Å². The Morgan fingerprint density at radius 3 is 2.86 bits per heavy atom. The van der Waals surface area contributed by atoms with Crippen molar-refractivity contribution in [3.05, 3.63) is 57.0 Å². The van der Waals surface area contributed by atoms with E-state index in [1.807, 2.05) is 6.92 Å². The molecular formula is C16H13BrClNO3. The Hall–Kier alpha value is -1.85. The van der Waals surface area contributed by atoms with E-state index in [-0.39, 0.29) is 12.5 Å². The second-order valence-corrected chi connectivity index (χ2v) is 5.87. The van der Waals surface area contributed by atoms with Crippen LogP contribution in [0.2, 0.25) is 5.02 Å². The van der Waals surface area contributed by atoms with E-state index in [1.165, 1.54) is 0 Å². The molecule has 0 aliphatic carbocycles. The van der Waals surface area contributed by atoms with Crippen LogP contribution in [-0.2, 0) is 4.79 Å². The molecule has 2 aromatic carbocycles. The number of amides is 1. The van der Waals surface area contributed by atoms with Crippen molar-refractivity contribution in [2.75, 3.05) is 11.9 Å². The molecule has 0 heterocycles. The quantitative estimate of drug-likeness (QED) is 0.787. The number of anilines is 1. The van der Waals surface area contributed by atoms with Crippen molar-refractivity contribution in [3.8, 4) is 5.75 Å². The van der Waals surface area contributed by atoms with Gasteiger partial charge in [-0.1, -0.05) is 33.6 Å². The highest BCUT2D eigenvalue weighted by Gasteiger charge is 2.09. The molecule has 0 saturated heterocycles. The Bertz CT molecular complexity index is 719. The van der Waals surface area contributed by atoms with Gasteiger partial charge in [0, 0.05) is 15.2 Å². The summed E-state index contributed by atoms with van der Waals surface area (Å²) in [5.41, 5.74) is 1.79. The fourth-order valence-corrected chi connectivity index (χ4v) is 2.37. The molecule has 0 atom stereocenters. The second-order valence-electron chi connectivity index (χ2n) is 4.55. The van der Waals surface area contributed by atoms with Crippen LogP contribution in [-0.4, -0.2) is 18.8 Å². The number of carbonyl (C=O) groups is 2. The molecule has 0 saturated carbocycles. The molecule has 0 aliphatic heterocycles. The SMILES string of the molecule is Cc1c(Cl)cccc1NC(=O)COc1ccc(Br)cc1C=O. The summed E-state index contributed by atoms with van der Waals surface area (Å²) < 4.78 is 6.15. The van der Waals surface area contributed by atoms with Gasteiger partial charge in [-0.05, 0) is 42.8 Å². The predicted octanol–water partition coefficient (Wildman–Crippen LogP) is 4.24. The number of halogens is 2. The summed E-state index contributed by atoms with van der Waals surface area (Å²) in [6.45, 7) is 1.62. The number of ether oxygens (including phenoxy) is 1. The predicted molar refractivity (Wildman–Crippen MR) is 89.8 cm³/mol. The van der Waals surface area contributed by atoms with E-state index in [0.29, 0.717) is 28.3 Å². The molecule has 1 N–H and O–H groups in total. The third-order valence-corrected chi connectivity index (χ3v) is 3.90. The Balaban J connectivity index is 2.01. The zero-order valence-electron chi connectivity index (χ0n) is 11.7. The maximum atomic E-state index is 11.9. The first-order valence-corrected chi connectivity index (χ1v) is 7.61. The average Bonchev–Trinajstić information content (AvgIpc) is 2.50. The lowest BCUT2D eigenvalue weighted by Gasteiger charge is -2.11. The van der Waals surface area contributed by atoms with Gasteiger partial charge in [-0.3, -0.25) is 9.59 Å². The second kappa shape index (κ2) is 7.42. The van der Waals surface area contributed by atoms with E-state index in [9.17, 15) is 9.59 Å². The fourth-order valence-electron chi connectivity index (χ4n) is 1.82. The number of nitrogens with one attached hydrogen (secondary N) is 1. The van der Waals surface area contributed by atoms with E-state index in [1.54, 1.807) is 36.4 Å². The van der Waals surface area contributed by atoms with Gasteiger partial charge in [-0.15, -0.1) is 0 Å². The van der Waals surface area contributed by atoms with Crippen molar-refractivity contribution in [3.63, 3.8) is 0 Å². The normalized spacial score (nSPS) is 10.1. The largest absolute Gasteiger partial charge is 0.483 e. The van der Waals surface area contributed by atoms with Crippen LogP contribution in [0, 0.1) is 6.92 Å². The molecule has 0 fully saturated rings. The molecule has 0 aromatic heterocycles. The molecule has 1 amide bonds. The minimum Gasteiger partial charge on any atom is -0.483 e. The maximum absolute atomic E-state index is 11.9. The van der Waals surface area contributed by atoms with Crippen LogP contribution in [0.4, 0.5) is 5.69 Å². The number of carbonyl (C=O) groups excluding carboxylic acids is 2. The third-order valence-electron chi connectivity index (χ3n) is 3.00. The number of rotatable bonds is 5. The van der Waals surface area contributed by atoms with Crippen LogP contribution in [0.3, 0.4) is 0 Å². The summed E-state index contributed by atoms with van der Waals surface area (Å²) in [5.74, 6) is 0.0290. The monoisotopic (exact) mass is 381 g/mol. The van der Waals surface area contributed by atoms with Crippen molar-refractivity contribution < 1.29 is 14.3 Å². The zero-order chi connectivity index (χ0) is 16.1. The van der Waals surface area contributed by atoms with Gasteiger partial charge in [0.25, 0.3) is 5.91 Å². The molecule has 0 radical (unpaired) electrons. The highest BCUT2D eigenvalue weighted by Crippen LogP contribution is 2.24. The van der Waals surface area contributed by atoms with Crippen molar-refractivity contribution in [2.45, 2.75) is 6.92 Å². The van der Waals surface area contributed by atoms with Crippen LogP contribution >= 0.6 is 27.5 Å². The molecule has 0 spiro atoms. The van der Waals surface area contributed by atoms with E-state index >= 15 is 0 Å². The maximum Gasteiger partial charge on any atom is 0.262 e. The fraction of sp³-hybridized carbons (Fsp3) is 0.125. The van der Waals surface area contributed by atoms with E-state index in [2.05, 4.69) is 21.2 Å². The summed E-state index contributed by atoms with van der Waals surface area (Å²) in [6.07, 6.45) is 0.680. The highest BCUT2D eigenvalue weighted by atomic mass is 79.9. The molecular weight excluding hydrogens is 370 g/mol. The molecule has 6 heteroatoms. The number of hydrogen-bond donors (Lipinski definition) is 1. The first-order chi connectivity index (χ1) is 10.5. The Morgan fingerprint density at radius 2 is 2.14 bits per heavy atom. The van der Waals surface area contributed by atoms with Crippen LogP contribution in [0.25, 0.3) is 0 Å². The topological polar surface area (TPSA) is 55.4 Å². The smallest absolute Gasteiger partial charge is 0.262 e. The van der Waals surface area contributed by atoms with Crippen LogP contribution < -0.4 is 10.1 Å². The first-order valence-electron chi connectivity index (χ1n) is 6.43. The van der Waals surface area contributed by atoms with Gasteiger partial charge in [0.15, 0.2) is 12.9 Å². The van der Waals surface area contributed by atoms with Crippen molar-refractivity contribution in [1.82, 2.24) is 0 Å². The van der Waals surface area contributed by atoms with Gasteiger partial charge < -0.3 is 10.1 Å². The van der Waals surface area contributed by atoms with Crippen molar-refractivity contribution in [2.24, 2.45) is 0 Å². The highest BCUT2D eigenvalue weighted by molar-refractivity contribution is 9.10. The molecule has 22 heavy (non-hydrogen) atoms. The van der Waals surface area contributed by atoms with Gasteiger partial charge >= 0.3 is 0 Å². The van der Waals surface area contributed by atoms with Crippen LogP contribution in [0.1, 0.15) is 15.9 Å². The minimum absolute atomic E-state index is 0.200. The summed E-state index contributed by atoms with van der Waals surface area (Å²) in [5, 5.41) is 3.30. The summed E-state index contributed by atoms with van der Waals surface area (Å²) in [7, 11) is 0. The number of hydrogen-bond acceptors (Lipinski definition) is 3. The molecule has 0 aliphatic rings. The van der Waals surface area contributed by atoms with Gasteiger partial charge in [-0.25, -0.2) is 0 Å². The standard InChI is InChI=1S/C16H13BrClNO3/c1-10-13(18)3-2-4-14(10)19-16(21)9-22-15-6-5-12(17)7-11(15)8-20/h2-8H,9H2,1H3,(H,19,21). The summed E-state index contributed by atoms with van der Waals surface area (Å²) >= 11 is 9.27. The van der Waals surface area contributed by atoms with Crippen molar-refractivity contribution in [1.29, 1.82) is 0 Å². The van der Waals surface area contributed by atoms with Gasteiger partial charge in [-0.2, -0.15) is 0 Å². The lowest BCUT2D eigenvalue weighted by Crippen LogP contribution is -2.21. The van der Waals surface area contributed by atoms with E-state index in [4.69, 9.17) is 16.3 Å². The lowest BCUT2D eigenvalue weighted by molar-refractivity contribution is -0.118. The van der Waals surface area contributed by atoms with Crippen LogP contribution in [0.5, 0.6) is 5.75 Å². The van der Waals surface area contributed by atoms with Gasteiger partial charge in [0.1, 0.15) is 5.75 Å². The van der Waals surface area contributed by atoms with Crippen LogP contribution in [0.15, 0.2) is 40.9 Å². The molecule has 0 unspecified atom stereocenters. The van der Waals surface area contributed by atoms with Gasteiger partial charge in [0.05, 0.1) is 5.56 Å². The molecule has 2 aromatic rings. The van der Waals surface area contributed by atoms with E-state index in [0.717, 1.165) is 10.0 Å². The number of benzene rings is 2. The van der Waals surface area contributed by atoms with Crippen molar-refractivity contribution >= 4 is 45.4 Å². The zero-order valence-corrected chi connectivity index (χ0v) is 14.1. The molecule has 2 rings (SSSR count). The Morgan fingerprint density at radius 1 is 1.36 bits per heavy atom. The lowest BCUT2D eigenvalue weighted by atomic mass is 10.2. The van der Waals surface area contributed by atoms with E-state index < -0.39 is 0 Å². The summed E-state index contributed by atoms with van der Waals surface area (Å²) in [6, 6.07) is 10.3. The molecule has 4 nitrogen and oxygen atoms in total. The first kappa shape index (κ1) is 16.5. The summed E-state index contributed by atoms with van der Waals surface area (Å²) in [4.78, 5) is 22.9. The minimum atomic E-state index is -0.329. The Kier molecular flexibility index (Phi) is 5.57. The molecule has 0 bridgehead atoms. The molecule has 114 valence electrons. The average molecular weight is 383 g/mol.